The number of fused-ring (bicyclic) bond motifs is 1. The Bertz CT molecular complexity index is 725. The van der Waals surface area contributed by atoms with Crippen molar-refractivity contribution >= 4 is 17.7 Å². The molecule has 0 radical (unpaired) electrons. The molecule has 1 saturated carbocycles. The number of hydrogen-bond acceptors (Lipinski definition) is 4. The lowest BCUT2D eigenvalue weighted by molar-refractivity contribution is 0.0548. The van der Waals surface area contributed by atoms with Crippen molar-refractivity contribution < 1.29 is 19.5 Å². The lowest BCUT2D eigenvalue weighted by Gasteiger charge is -2.29. The van der Waals surface area contributed by atoms with Crippen LogP contribution >= 0.6 is 0 Å². The van der Waals surface area contributed by atoms with E-state index in [4.69, 9.17) is 0 Å². The topological polar surface area (TPSA) is 77.9 Å². The van der Waals surface area contributed by atoms with Crippen molar-refractivity contribution in [2.24, 2.45) is 0 Å². The van der Waals surface area contributed by atoms with Crippen LogP contribution in [-0.4, -0.2) is 58.4 Å². The molecular weight excluding hydrogens is 344 g/mol. The van der Waals surface area contributed by atoms with Crippen LogP contribution in [0.1, 0.15) is 82.9 Å². The lowest BCUT2D eigenvalue weighted by Crippen LogP contribution is -2.40. The molecule has 1 aliphatic heterocycles. The molecule has 3 rings (SSSR count). The predicted octanol–water partition coefficient (Wildman–Crippen LogP) is 2.85. The highest BCUT2D eigenvalue weighted by Crippen LogP contribution is 2.31. The van der Waals surface area contributed by atoms with Gasteiger partial charge in [-0.25, -0.2) is 0 Å². The number of imide groups is 1. The van der Waals surface area contributed by atoms with Crippen molar-refractivity contribution in [3.8, 4) is 0 Å². The van der Waals surface area contributed by atoms with E-state index in [9.17, 15) is 19.5 Å². The maximum atomic E-state index is 12.9. The molecule has 1 aliphatic carbocycles. The molecule has 1 aromatic rings. The van der Waals surface area contributed by atoms with Gasteiger partial charge < -0.3 is 10.0 Å². The first-order valence-electron chi connectivity index (χ1n) is 10.0. The van der Waals surface area contributed by atoms with Crippen molar-refractivity contribution in [3.63, 3.8) is 0 Å². The molecule has 2 aliphatic rings. The van der Waals surface area contributed by atoms with E-state index in [1.165, 1.54) is 4.90 Å². The molecule has 1 aromatic carbocycles. The van der Waals surface area contributed by atoms with Gasteiger partial charge in [-0.2, -0.15) is 0 Å². The summed E-state index contributed by atoms with van der Waals surface area (Å²) in [6.07, 6.45) is 6.74. The number of amides is 3. The van der Waals surface area contributed by atoms with Crippen LogP contribution in [0.5, 0.6) is 0 Å². The van der Waals surface area contributed by atoms with E-state index in [2.05, 4.69) is 0 Å². The Kier molecular flexibility index (Phi) is 6.26. The highest BCUT2D eigenvalue weighted by molar-refractivity contribution is 6.22. The van der Waals surface area contributed by atoms with Crippen molar-refractivity contribution in [1.82, 2.24) is 9.80 Å². The van der Waals surface area contributed by atoms with Gasteiger partial charge in [0.05, 0.1) is 17.7 Å². The molecule has 0 spiro atoms. The predicted molar refractivity (Wildman–Crippen MR) is 102 cm³/mol. The van der Waals surface area contributed by atoms with Gasteiger partial charge in [0, 0.05) is 24.7 Å². The lowest BCUT2D eigenvalue weighted by atomic mass is 9.94. The number of rotatable bonds is 7. The van der Waals surface area contributed by atoms with Crippen LogP contribution in [0.4, 0.5) is 0 Å². The molecule has 1 heterocycles. The fourth-order valence-corrected chi connectivity index (χ4v) is 4.03. The Morgan fingerprint density at radius 1 is 1.11 bits per heavy atom. The van der Waals surface area contributed by atoms with E-state index in [1.54, 1.807) is 23.1 Å². The first kappa shape index (κ1) is 19.5. The van der Waals surface area contributed by atoms with Gasteiger partial charge in [-0.15, -0.1) is 0 Å². The fourth-order valence-electron chi connectivity index (χ4n) is 4.03. The molecule has 146 valence electrons. The monoisotopic (exact) mass is 372 g/mol. The molecule has 3 amide bonds. The Morgan fingerprint density at radius 3 is 2.48 bits per heavy atom. The molecule has 0 unspecified atom stereocenters. The number of nitrogens with zero attached hydrogens (tertiary/aromatic N) is 2. The zero-order valence-electron chi connectivity index (χ0n) is 15.9. The van der Waals surface area contributed by atoms with Crippen LogP contribution in [0.2, 0.25) is 0 Å². The van der Waals surface area contributed by atoms with Gasteiger partial charge in [0.25, 0.3) is 17.7 Å². The Morgan fingerprint density at radius 2 is 1.81 bits per heavy atom. The zero-order chi connectivity index (χ0) is 19.4. The largest absolute Gasteiger partial charge is 0.395 e. The maximum Gasteiger partial charge on any atom is 0.261 e. The average molecular weight is 372 g/mol. The van der Waals surface area contributed by atoms with Crippen LogP contribution in [0.3, 0.4) is 0 Å². The minimum atomic E-state index is -0.279. The highest BCUT2D eigenvalue weighted by Gasteiger charge is 2.40. The van der Waals surface area contributed by atoms with Gasteiger partial charge >= 0.3 is 0 Å². The molecule has 0 aromatic heterocycles. The summed E-state index contributed by atoms with van der Waals surface area (Å²) in [5.74, 6) is -0.727. The number of hydrogen-bond donors (Lipinski definition) is 1. The molecule has 6 nitrogen and oxygen atoms in total. The molecule has 0 atom stereocenters. The number of carbonyl (C=O) groups is 3. The molecule has 1 fully saturated rings. The summed E-state index contributed by atoms with van der Waals surface area (Å²) in [6, 6.07) is 4.74. The SMILES string of the molecule is CCCCN(CCO)C(=O)c1ccc2c(c1)C(=O)N(C1CCCCC1)C2=O. The molecule has 6 heteroatoms. The van der Waals surface area contributed by atoms with E-state index in [0.717, 1.165) is 44.9 Å². The van der Waals surface area contributed by atoms with Gasteiger partial charge in [0.1, 0.15) is 0 Å². The second-order valence-corrected chi connectivity index (χ2v) is 7.40. The second-order valence-electron chi connectivity index (χ2n) is 7.40. The molecule has 0 bridgehead atoms. The van der Waals surface area contributed by atoms with Gasteiger partial charge in [-0.05, 0) is 37.5 Å². The Balaban J connectivity index is 1.83. The van der Waals surface area contributed by atoms with Gasteiger partial charge in [-0.3, -0.25) is 19.3 Å². The molecular formula is C21H28N2O4. The second kappa shape index (κ2) is 8.65. The zero-order valence-corrected chi connectivity index (χ0v) is 15.9. The number of carbonyl (C=O) groups excluding carboxylic acids is 3. The number of benzene rings is 1. The standard InChI is InChI=1S/C21H28N2O4/c1-2-3-11-22(12-13-24)19(25)15-9-10-17-18(14-15)21(27)23(20(17)26)16-7-5-4-6-8-16/h9-10,14,16,24H,2-8,11-13H2,1H3. The van der Waals surface area contributed by atoms with Crippen molar-refractivity contribution in [2.45, 2.75) is 57.9 Å². The Hall–Kier alpha value is -2.21. The smallest absolute Gasteiger partial charge is 0.261 e. The third kappa shape index (κ3) is 3.90. The maximum absolute atomic E-state index is 12.9. The summed E-state index contributed by atoms with van der Waals surface area (Å²) in [5.41, 5.74) is 1.12. The highest BCUT2D eigenvalue weighted by atomic mass is 16.3. The van der Waals surface area contributed by atoms with Crippen LogP contribution in [0, 0.1) is 0 Å². The summed E-state index contributed by atoms with van der Waals surface area (Å²) in [5, 5.41) is 9.24. The van der Waals surface area contributed by atoms with Gasteiger partial charge in [-0.1, -0.05) is 32.6 Å². The van der Waals surface area contributed by atoms with Gasteiger partial charge in [0.15, 0.2) is 0 Å². The van der Waals surface area contributed by atoms with Crippen LogP contribution in [-0.2, 0) is 0 Å². The minimum absolute atomic E-state index is 0.0271. The van der Waals surface area contributed by atoms with Crippen LogP contribution < -0.4 is 0 Å². The third-order valence-electron chi connectivity index (χ3n) is 5.54. The average Bonchev–Trinajstić information content (AvgIpc) is 2.95. The van der Waals surface area contributed by atoms with Crippen LogP contribution in [0.15, 0.2) is 18.2 Å². The van der Waals surface area contributed by atoms with E-state index in [0.29, 0.717) is 23.2 Å². The third-order valence-corrected chi connectivity index (χ3v) is 5.54. The van der Waals surface area contributed by atoms with E-state index >= 15 is 0 Å². The van der Waals surface area contributed by atoms with Crippen molar-refractivity contribution in [2.75, 3.05) is 19.7 Å². The number of unbranched alkanes of at least 4 members (excludes halogenated alkanes) is 1. The molecule has 0 saturated heterocycles. The van der Waals surface area contributed by atoms with E-state index in [-0.39, 0.29) is 36.9 Å². The number of aliphatic hydroxyl groups excluding tert-OH is 1. The van der Waals surface area contributed by atoms with E-state index < -0.39 is 0 Å². The number of aliphatic hydroxyl groups is 1. The first-order chi connectivity index (χ1) is 13.1. The van der Waals surface area contributed by atoms with Crippen molar-refractivity contribution in [3.05, 3.63) is 34.9 Å². The summed E-state index contributed by atoms with van der Waals surface area (Å²) in [6.45, 7) is 2.76. The normalized spacial score (nSPS) is 17.3. The molecule has 1 N–H and O–H groups in total. The molecule has 27 heavy (non-hydrogen) atoms. The quantitative estimate of drug-likeness (QED) is 0.747. The van der Waals surface area contributed by atoms with Gasteiger partial charge in [0.2, 0.25) is 0 Å². The summed E-state index contributed by atoms with van der Waals surface area (Å²) >= 11 is 0. The summed E-state index contributed by atoms with van der Waals surface area (Å²) < 4.78 is 0. The van der Waals surface area contributed by atoms with Crippen LogP contribution in [0.25, 0.3) is 0 Å². The van der Waals surface area contributed by atoms with Crippen molar-refractivity contribution in [1.29, 1.82) is 0 Å². The summed E-state index contributed by atoms with van der Waals surface area (Å²) in [7, 11) is 0. The Labute approximate surface area is 160 Å². The van der Waals surface area contributed by atoms with E-state index in [1.807, 2.05) is 6.92 Å². The summed E-state index contributed by atoms with van der Waals surface area (Å²) in [4.78, 5) is 41.5. The minimum Gasteiger partial charge on any atom is -0.395 e. The first-order valence-corrected chi connectivity index (χ1v) is 10.0. The fraction of sp³-hybridized carbons (Fsp3) is 0.571.